The van der Waals surface area contributed by atoms with Gasteiger partial charge in [-0.15, -0.1) is 0 Å². The van der Waals surface area contributed by atoms with Gasteiger partial charge in [-0.05, 0) is 43.9 Å². The zero-order valence-corrected chi connectivity index (χ0v) is 17.3. The normalized spacial score (nSPS) is 18.9. The second kappa shape index (κ2) is 8.89. The SMILES string of the molecule is CCN(CC)c1ccc(CN(C(=O)CC(C)C)[C@@H]2CCS(=O)(=O)C2)cc1. The van der Waals surface area contributed by atoms with Crippen molar-refractivity contribution in [2.45, 2.75) is 53.1 Å². The van der Waals surface area contributed by atoms with Crippen LogP contribution in [0.4, 0.5) is 5.69 Å². The Balaban J connectivity index is 2.17. The van der Waals surface area contributed by atoms with Gasteiger partial charge in [0.05, 0.1) is 11.5 Å². The second-order valence-corrected chi connectivity index (χ2v) is 9.74. The summed E-state index contributed by atoms with van der Waals surface area (Å²) in [6, 6.07) is 8.06. The molecule has 0 aromatic heterocycles. The highest BCUT2D eigenvalue weighted by atomic mass is 32.2. The number of benzene rings is 1. The molecule has 0 radical (unpaired) electrons. The van der Waals surface area contributed by atoms with Gasteiger partial charge in [0, 0.05) is 37.8 Å². The molecule has 5 nitrogen and oxygen atoms in total. The molecule has 26 heavy (non-hydrogen) atoms. The van der Waals surface area contributed by atoms with E-state index in [2.05, 4.69) is 30.9 Å². The summed E-state index contributed by atoms with van der Waals surface area (Å²) in [4.78, 5) is 16.8. The number of amides is 1. The van der Waals surface area contributed by atoms with E-state index in [1.807, 2.05) is 26.0 Å². The van der Waals surface area contributed by atoms with Gasteiger partial charge in [0.1, 0.15) is 0 Å². The van der Waals surface area contributed by atoms with Crippen LogP contribution in [0.5, 0.6) is 0 Å². The fourth-order valence-electron chi connectivity index (χ4n) is 3.51. The Morgan fingerprint density at radius 3 is 2.23 bits per heavy atom. The molecule has 1 saturated heterocycles. The molecule has 0 bridgehead atoms. The molecular weight excluding hydrogens is 348 g/mol. The highest BCUT2D eigenvalue weighted by Crippen LogP contribution is 2.23. The summed E-state index contributed by atoms with van der Waals surface area (Å²) < 4.78 is 23.8. The summed E-state index contributed by atoms with van der Waals surface area (Å²) in [6.07, 6.45) is 0.998. The first-order valence-electron chi connectivity index (χ1n) is 9.59. The highest BCUT2D eigenvalue weighted by molar-refractivity contribution is 7.91. The second-order valence-electron chi connectivity index (χ2n) is 7.52. The summed E-state index contributed by atoms with van der Waals surface area (Å²) >= 11 is 0. The maximum atomic E-state index is 12.7. The Hall–Kier alpha value is -1.56. The first-order chi connectivity index (χ1) is 12.3. The predicted octanol–water partition coefficient (Wildman–Crippen LogP) is 3.09. The van der Waals surface area contributed by atoms with Crippen molar-refractivity contribution in [1.29, 1.82) is 0 Å². The largest absolute Gasteiger partial charge is 0.372 e. The smallest absolute Gasteiger partial charge is 0.223 e. The first kappa shape index (κ1) is 20.7. The van der Waals surface area contributed by atoms with Gasteiger partial charge in [-0.2, -0.15) is 0 Å². The van der Waals surface area contributed by atoms with Crippen molar-refractivity contribution >= 4 is 21.4 Å². The maximum Gasteiger partial charge on any atom is 0.223 e. The molecule has 146 valence electrons. The van der Waals surface area contributed by atoms with Crippen molar-refractivity contribution in [3.05, 3.63) is 29.8 Å². The van der Waals surface area contributed by atoms with E-state index in [0.717, 1.165) is 18.7 Å². The van der Waals surface area contributed by atoms with Gasteiger partial charge in [-0.1, -0.05) is 26.0 Å². The number of rotatable bonds is 8. The molecule has 1 atom stereocenters. The lowest BCUT2D eigenvalue weighted by Crippen LogP contribution is -2.41. The topological polar surface area (TPSA) is 57.7 Å². The molecule has 1 aliphatic heterocycles. The zero-order valence-electron chi connectivity index (χ0n) is 16.4. The van der Waals surface area contributed by atoms with Gasteiger partial charge >= 0.3 is 0 Å². The summed E-state index contributed by atoms with van der Waals surface area (Å²) in [7, 11) is -3.02. The fourth-order valence-corrected chi connectivity index (χ4v) is 5.24. The van der Waals surface area contributed by atoms with Crippen molar-refractivity contribution < 1.29 is 13.2 Å². The van der Waals surface area contributed by atoms with Gasteiger partial charge in [0.25, 0.3) is 0 Å². The molecular formula is C20H32N2O3S. The molecule has 6 heteroatoms. The van der Waals surface area contributed by atoms with Crippen molar-refractivity contribution in [3.63, 3.8) is 0 Å². The minimum Gasteiger partial charge on any atom is -0.372 e. The number of hydrogen-bond acceptors (Lipinski definition) is 4. The summed E-state index contributed by atoms with van der Waals surface area (Å²) in [6.45, 7) is 10.7. The third kappa shape index (κ3) is 5.47. The van der Waals surface area contributed by atoms with Gasteiger partial charge < -0.3 is 9.80 Å². The van der Waals surface area contributed by atoms with Gasteiger partial charge in [0.2, 0.25) is 5.91 Å². The minimum atomic E-state index is -3.02. The van der Waals surface area contributed by atoms with Crippen LogP contribution < -0.4 is 4.90 Å². The zero-order chi connectivity index (χ0) is 19.3. The minimum absolute atomic E-state index is 0.0509. The van der Waals surface area contributed by atoms with Crippen LogP contribution in [0, 0.1) is 5.92 Å². The van der Waals surface area contributed by atoms with Crippen LogP contribution in [0.1, 0.15) is 46.1 Å². The molecule has 1 aromatic carbocycles. The van der Waals surface area contributed by atoms with Gasteiger partial charge in [-0.3, -0.25) is 4.79 Å². The molecule has 1 aromatic rings. The fraction of sp³-hybridized carbons (Fsp3) is 0.650. The van der Waals surface area contributed by atoms with Crippen molar-refractivity contribution in [2.24, 2.45) is 5.92 Å². The van der Waals surface area contributed by atoms with Crippen LogP contribution in [0.3, 0.4) is 0 Å². The molecule has 1 heterocycles. The monoisotopic (exact) mass is 380 g/mol. The lowest BCUT2D eigenvalue weighted by atomic mass is 10.1. The van der Waals surface area contributed by atoms with Crippen LogP contribution in [0.15, 0.2) is 24.3 Å². The molecule has 1 amide bonds. The number of nitrogens with zero attached hydrogens (tertiary/aromatic N) is 2. The summed E-state index contributed by atoms with van der Waals surface area (Å²) in [5, 5.41) is 0. The van der Waals surface area contributed by atoms with Crippen molar-refractivity contribution in [3.8, 4) is 0 Å². The van der Waals surface area contributed by atoms with E-state index in [1.165, 1.54) is 5.69 Å². The summed E-state index contributed by atoms with van der Waals surface area (Å²) in [5.41, 5.74) is 2.21. The molecule has 0 N–H and O–H groups in total. The average Bonchev–Trinajstić information content (AvgIpc) is 2.94. The summed E-state index contributed by atoms with van der Waals surface area (Å²) in [5.74, 6) is 0.584. The van der Waals surface area contributed by atoms with E-state index in [1.54, 1.807) is 4.90 Å². The van der Waals surface area contributed by atoms with Gasteiger partial charge in [-0.25, -0.2) is 8.42 Å². The van der Waals surface area contributed by atoms with E-state index in [0.29, 0.717) is 19.4 Å². The van der Waals surface area contributed by atoms with Gasteiger partial charge in [0.15, 0.2) is 9.84 Å². The standard InChI is InChI=1S/C20H32N2O3S/c1-5-21(6-2)18-9-7-17(8-10-18)14-22(20(23)13-16(3)4)19-11-12-26(24,25)15-19/h7-10,16,19H,5-6,11-15H2,1-4H3/t19-/m1/s1. The van der Waals surface area contributed by atoms with E-state index in [4.69, 9.17) is 0 Å². The molecule has 1 aliphatic rings. The Morgan fingerprint density at radius 1 is 1.15 bits per heavy atom. The predicted molar refractivity (Wildman–Crippen MR) is 107 cm³/mol. The quantitative estimate of drug-likeness (QED) is 0.695. The third-order valence-electron chi connectivity index (χ3n) is 4.97. The Bertz CT molecular complexity index is 694. The van der Waals surface area contributed by atoms with Crippen LogP contribution in [-0.2, 0) is 21.2 Å². The third-order valence-corrected chi connectivity index (χ3v) is 6.72. The van der Waals surface area contributed by atoms with E-state index >= 15 is 0 Å². The van der Waals surface area contributed by atoms with E-state index in [9.17, 15) is 13.2 Å². The van der Waals surface area contributed by atoms with Crippen LogP contribution in [-0.4, -0.2) is 49.9 Å². The number of sulfone groups is 1. The first-order valence-corrected chi connectivity index (χ1v) is 11.4. The molecule has 0 saturated carbocycles. The van der Waals surface area contributed by atoms with E-state index in [-0.39, 0.29) is 29.4 Å². The van der Waals surface area contributed by atoms with Crippen molar-refractivity contribution in [1.82, 2.24) is 4.90 Å². The Kier molecular flexibility index (Phi) is 7.09. The van der Waals surface area contributed by atoms with Crippen molar-refractivity contribution in [2.75, 3.05) is 29.5 Å². The molecule has 0 spiro atoms. The van der Waals surface area contributed by atoms with Crippen LogP contribution in [0.25, 0.3) is 0 Å². The molecule has 0 unspecified atom stereocenters. The number of anilines is 1. The molecule has 1 fully saturated rings. The lowest BCUT2D eigenvalue weighted by molar-refractivity contribution is -0.134. The molecule has 0 aliphatic carbocycles. The Morgan fingerprint density at radius 2 is 1.77 bits per heavy atom. The number of carbonyl (C=O) groups is 1. The highest BCUT2D eigenvalue weighted by Gasteiger charge is 2.34. The molecule has 2 rings (SSSR count). The average molecular weight is 381 g/mol. The number of carbonyl (C=O) groups excluding carboxylic acids is 1. The Labute approximate surface area is 158 Å². The van der Waals surface area contributed by atoms with E-state index < -0.39 is 9.84 Å². The maximum absolute atomic E-state index is 12.7. The van der Waals surface area contributed by atoms with Crippen LogP contribution in [0.2, 0.25) is 0 Å². The van der Waals surface area contributed by atoms with Crippen LogP contribution >= 0.6 is 0 Å². The number of hydrogen-bond donors (Lipinski definition) is 0. The lowest BCUT2D eigenvalue weighted by Gasteiger charge is -2.29.